The number of nitrogens with zero attached hydrogens (tertiary/aromatic N) is 1. The van der Waals surface area contributed by atoms with Crippen LogP contribution in [-0.4, -0.2) is 31.8 Å². The van der Waals surface area contributed by atoms with Gasteiger partial charge in [0.25, 0.3) is 0 Å². The van der Waals surface area contributed by atoms with Crippen molar-refractivity contribution in [2.75, 3.05) is 13.7 Å². The number of hydrogen-bond acceptors (Lipinski definition) is 5. The van der Waals surface area contributed by atoms with Crippen LogP contribution in [0.15, 0.2) is 30.3 Å². The summed E-state index contributed by atoms with van der Waals surface area (Å²) >= 11 is 0. The summed E-state index contributed by atoms with van der Waals surface area (Å²) in [6, 6.07) is 11.5. The zero-order chi connectivity index (χ0) is 14.4. The second-order valence-corrected chi connectivity index (χ2v) is 4.82. The van der Waals surface area contributed by atoms with E-state index in [2.05, 4.69) is 11.4 Å². The topological polar surface area (TPSA) is 71.4 Å². The lowest BCUT2D eigenvalue weighted by atomic mass is 10.0. The second-order valence-electron chi connectivity index (χ2n) is 4.82. The SMILES string of the molecule is COC(=O)[C@H]1C[C@H](C#N)[C@@H](COCc2ccccc2)N1. The number of methoxy groups -OCH3 is 1. The van der Waals surface area contributed by atoms with E-state index in [1.54, 1.807) is 0 Å². The molecule has 1 N–H and O–H groups in total. The first-order chi connectivity index (χ1) is 9.74. The summed E-state index contributed by atoms with van der Waals surface area (Å²) in [5, 5.41) is 12.2. The van der Waals surface area contributed by atoms with Crippen molar-refractivity contribution in [3.8, 4) is 6.07 Å². The van der Waals surface area contributed by atoms with E-state index < -0.39 is 6.04 Å². The number of benzene rings is 1. The van der Waals surface area contributed by atoms with Gasteiger partial charge in [0.15, 0.2) is 0 Å². The zero-order valence-corrected chi connectivity index (χ0v) is 11.4. The van der Waals surface area contributed by atoms with Gasteiger partial charge in [-0.2, -0.15) is 5.26 Å². The molecule has 0 saturated carbocycles. The molecule has 20 heavy (non-hydrogen) atoms. The maximum absolute atomic E-state index is 11.5. The van der Waals surface area contributed by atoms with E-state index in [1.807, 2.05) is 30.3 Å². The first kappa shape index (κ1) is 14.5. The van der Waals surface area contributed by atoms with Crippen LogP contribution in [0, 0.1) is 17.2 Å². The molecule has 0 aromatic heterocycles. The van der Waals surface area contributed by atoms with Crippen LogP contribution < -0.4 is 5.32 Å². The molecule has 1 saturated heterocycles. The molecule has 1 aliphatic heterocycles. The molecule has 1 heterocycles. The summed E-state index contributed by atoms with van der Waals surface area (Å²) in [4.78, 5) is 11.5. The Labute approximate surface area is 118 Å². The van der Waals surface area contributed by atoms with Crippen molar-refractivity contribution >= 4 is 5.97 Å². The highest BCUT2D eigenvalue weighted by Crippen LogP contribution is 2.21. The molecule has 0 spiro atoms. The Morgan fingerprint density at radius 2 is 2.20 bits per heavy atom. The molecule has 5 heteroatoms. The second kappa shape index (κ2) is 7.04. The molecule has 0 unspecified atom stereocenters. The molecule has 1 aliphatic rings. The maximum atomic E-state index is 11.5. The summed E-state index contributed by atoms with van der Waals surface area (Å²) in [5.41, 5.74) is 1.09. The summed E-state index contributed by atoms with van der Waals surface area (Å²) < 4.78 is 10.3. The molecule has 0 radical (unpaired) electrons. The van der Waals surface area contributed by atoms with Gasteiger partial charge in [0.2, 0.25) is 0 Å². The minimum absolute atomic E-state index is 0.132. The van der Waals surface area contributed by atoms with Crippen LogP contribution in [0.25, 0.3) is 0 Å². The lowest BCUT2D eigenvalue weighted by Crippen LogP contribution is -2.39. The van der Waals surface area contributed by atoms with Gasteiger partial charge in [0.1, 0.15) is 6.04 Å². The molecule has 1 aromatic carbocycles. The van der Waals surface area contributed by atoms with Gasteiger partial charge in [0.05, 0.1) is 32.3 Å². The molecule has 0 amide bonds. The summed E-state index contributed by atoms with van der Waals surface area (Å²) in [5.74, 6) is -0.550. The molecule has 5 nitrogen and oxygen atoms in total. The lowest BCUT2D eigenvalue weighted by Gasteiger charge is -2.15. The Hall–Kier alpha value is -1.90. The Morgan fingerprint density at radius 3 is 2.85 bits per heavy atom. The van der Waals surface area contributed by atoms with Crippen molar-refractivity contribution in [3.05, 3.63) is 35.9 Å². The van der Waals surface area contributed by atoms with E-state index >= 15 is 0 Å². The molecule has 1 aromatic rings. The fourth-order valence-corrected chi connectivity index (χ4v) is 2.35. The number of ether oxygens (including phenoxy) is 2. The number of carbonyl (C=O) groups excluding carboxylic acids is 1. The summed E-state index contributed by atoms with van der Waals surface area (Å²) in [6.07, 6.45) is 0.475. The van der Waals surface area contributed by atoms with Crippen molar-refractivity contribution in [2.45, 2.75) is 25.1 Å². The fourth-order valence-electron chi connectivity index (χ4n) is 2.35. The third-order valence-corrected chi connectivity index (χ3v) is 3.45. The standard InChI is InChI=1S/C15H18N2O3/c1-19-15(18)13-7-12(8-16)14(17-13)10-20-9-11-5-3-2-4-6-11/h2-6,12-14,17H,7,9-10H2,1H3/t12-,13-,14-/m1/s1. The van der Waals surface area contributed by atoms with Crippen molar-refractivity contribution in [2.24, 2.45) is 5.92 Å². The van der Waals surface area contributed by atoms with Crippen molar-refractivity contribution < 1.29 is 14.3 Å². The largest absolute Gasteiger partial charge is 0.468 e. The minimum atomic E-state index is -0.407. The molecular formula is C15H18N2O3. The van der Waals surface area contributed by atoms with Crippen LogP contribution in [0.3, 0.4) is 0 Å². The average molecular weight is 274 g/mol. The van der Waals surface area contributed by atoms with Crippen molar-refractivity contribution in [3.63, 3.8) is 0 Å². The van der Waals surface area contributed by atoms with Gasteiger partial charge < -0.3 is 9.47 Å². The summed E-state index contributed by atoms with van der Waals surface area (Å²) in [7, 11) is 1.35. The highest BCUT2D eigenvalue weighted by Gasteiger charge is 2.38. The number of esters is 1. The van der Waals surface area contributed by atoms with Gasteiger partial charge in [0, 0.05) is 6.04 Å². The first-order valence-electron chi connectivity index (χ1n) is 6.59. The van der Waals surface area contributed by atoms with Crippen LogP contribution in [-0.2, 0) is 20.9 Å². The lowest BCUT2D eigenvalue weighted by molar-refractivity contribution is -0.142. The van der Waals surface area contributed by atoms with Crippen LogP contribution in [0.5, 0.6) is 0 Å². The van der Waals surface area contributed by atoms with Crippen LogP contribution in [0.1, 0.15) is 12.0 Å². The smallest absolute Gasteiger partial charge is 0.322 e. The van der Waals surface area contributed by atoms with Crippen LogP contribution in [0.4, 0.5) is 0 Å². The Balaban J connectivity index is 1.83. The number of rotatable bonds is 5. The van der Waals surface area contributed by atoms with E-state index in [1.165, 1.54) is 7.11 Å². The number of hydrogen-bond donors (Lipinski definition) is 1. The summed E-state index contributed by atoms with van der Waals surface area (Å²) in [6.45, 7) is 0.903. The number of nitrogens with one attached hydrogen (secondary N) is 1. The number of carbonyl (C=O) groups is 1. The average Bonchev–Trinajstić information content (AvgIpc) is 2.91. The Morgan fingerprint density at radius 1 is 1.45 bits per heavy atom. The third-order valence-electron chi connectivity index (χ3n) is 3.45. The van der Waals surface area contributed by atoms with E-state index in [0.717, 1.165) is 5.56 Å². The highest BCUT2D eigenvalue weighted by atomic mass is 16.5. The van der Waals surface area contributed by atoms with Gasteiger partial charge in [-0.15, -0.1) is 0 Å². The Bertz CT molecular complexity index is 484. The predicted molar refractivity (Wildman–Crippen MR) is 72.5 cm³/mol. The predicted octanol–water partition coefficient (Wildman–Crippen LogP) is 1.25. The number of nitriles is 1. The molecule has 3 atom stereocenters. The minimum Gasteiger partial charge on any atom is -0.468 e. The quantitative estimate of drug-likeness (QED) is 0.818. The van der Waals surface area contributed by atoms with Crippen molar-refractivity contribution in [1.29, 1.82) is 5.26 Å². The van der Waals surface area contributed by atoms with E-state index in [0.29, 0.717) is 19.6 Å². The Kier molecular flexibility index (Phi) is 5.10. The normalized spacial score (nSPS) is 25.1. The van der Waals surface area contributed by atoms with Gasteiger partial charge in [-0.05, 0) is 12.0 Å². The van der Waals surface area contributed by atoms with E-state index in [9.17, 15) is 4.79 Å². The van der Waals surface area contributed by atoms with E-state index in [-0.39, 0.29) is 17.9 Å². The van der Waals surface area contributed by atoms with Crippen molar-refractivity contribution in [1.82, 2.24) is 5.32 Å². The molecule has 0 bridgehead atoms. The van der Waals surface area contributed by atoms with E-state index in [4.69, 9.17) is 14.7 Å². The molecule has 2 rings (SSSR count). The molecular weight excluding hydrogens is 256 g/mol. The third kappa shape index (κ3) is 3.56. The zero-order valence-electron chi connectivity index (χ0n) is 11.4. The molecule has 106 valence electrons. The van der Waals surface area contributed by atoms with Gasteiger partial charge >= 0.3 is 5.97 Å². The van der Waals surface area contributed by atoms with Crippen LogP contribution >= 0.6 is 0 Å². The first-order valence-corrected chi connectivity index (χ1v) is 6.59. The molecule has 0 aliphatic carbocycles. The van der Waals surface area contributed by atoms with Crippen LogP contribution in [0.2, 0.25) is 0 Å². The molecule has 1 fully saturated rings. The monoisotopic (exact) mass is 274 g/mol. The van der Waals surface area contributed by atoms with Gasteiger partial charge in [-0.25, -0.2) is 0 Å². The van der Waals surface area contributed by atoms with Gasteiger partial charge in [-0.1, -0.05) is 30.3 Å². The van der Waals surface area contributed by atoms with Gasteiger partial charge in [-0.3, -0.25) is 10.1 Å². The maximum Gasteiger partial charge on any atom is 0.322 e. The highest BCUT2D eigenvalue weighted by molar-refractivity contribution is 5.76. The fraction of sp³-hybridized carbons (Fsp3) is 0.467.